The summed E-state index contributed by atoms with van der Waals surface area (Å²) < 4.78 is 5.29. The number of ether oxygens (including phenoxy) is 1. The Morgan fingerprint density at radius 2 is 2.19 bits per heavy atom. The van der Waals surface area contributed by atoms with Crippen molar-refractivity contribution < 1.29 is 9.53 Å². The SMILES string of the molecule is COc1c(C2CCCC2)ccnc1C(N)=O. The second-order valence-corrected chi connectivity index (χ2v) is 4.13. The maximum Gasteiger partial charge on any atom is 0.271 e. The van der Waals surface area contributed by atoms with Crippen molar-refractivity contribution in [1.29, 1.82) is 0 Å². The summed E-state index contributed by atoms with van der Waals surface area (Å²) >= 11 is 0. The molecule has 2 N–H and O–H groups in total. The van der Waals surface area contributed by atoms with E-state index in [9.17, 15) is 4.79 Å². The van der Waals surface area contributed by atoms with Crippen LogP contribution < -0.4 is 10.5 Å². The van der Waals surface area contributed by atoms with Gasteiger partial charge in [0.25, 0.3) is 5.91 Å². The molecule has 16 heavy (non-hydrogen) atoms. The number of carbonyl (C=O) groups is 1. The minimum absolute atomic E-state index is 0.243. The Balaban J connectivity index is 2.43. The third-order valence-corrected chi connectivity index (χ3v) is 3.17. The second kappa shape index (κ2) is 4.51. The highest BCUT2D eigenvalue weighted by molar-refractivity contribution is 5.94. The van der Waals surface area contributed by atoms with Gasteiger partial charge in [0.05, 0.1) is 7.11 Å². The van der Waals surface area contributed by atoms with Gasteiger partial charge in [-0.15, -0.1) is 0 Å². The number of amides is 1. The van der Waals surface area contributed by atoms with Gasteiger partial charge in [-0.05, 0) is 24.8 Å². The molecule has 1 aliphatic rings. The molecule has 1 aromatic heterocycles. The van der Waals surface area contributed by atoms with Crippen LogP contribution in [-0.4, -0.2) is 18.0 Å². The van der Waals surface area contributed by atoms with E-state index in [0.717, 1.165) is 18.4 Å². The number of hydrogen-bond donors (Lipinski definition) is 1. The van der Waals surface area contributed by atoms with E-state index < -0.39 is 5.91 Å². The zero-order valence-electron chi connectivity index (χ0n) is 9.40. The van der Waals surface area contributed by atoms with Crippen molar-refractivity contribution in [2.75, 3.05) is 7.11 Å². The maximum atomic E-state index is 11.2. The topological polar surface area (TPSA) is 65.2 Å². The van der Waals surface area contributed by atoms with E-state index in [2.05, 4.69) is 4.98 Å². The van der Waals surface area contributed by atoms with Crippen molar-refractivity contribution >= 4 is 5.91 Å². The van der Waals surface area contributed by atoms with E-state index in [-0.39, 0.29) is 5.69 Å². The molecule has 0 bridgehead atoms. The molecule has 1 aromatic rings. The van der Waals surface area contributed by atoms with Crippen LogP contribution in [0.1, 0.15) is 47.7 Å². The molecular formula is C12H16N2O2. The summed E-state index contributed by atoms with van der Waals surface area (Å²) in [4.78, 5) is 15.2. The predicted molar refractivity (Wildman–Crippen MR) is 60.5 cm³/mol. The van der Waals surface area contributed by atoms with Gasteiger partial charge in [-0.1, -0.05) is 12.8 Å². The van der Waals surface area contributed by atoms with E-state index in [1.54, 1.807) is 13.3 Å². The van der Waals surface area contributed by atoms with Crippen LogP contribution in [0.2, 0.25) is 0 Å². The number of methoxy groups -OCH3 is 1. The Kier molecular flexibility index (Phi) is 3.08. The van der Waals surface area contributed by atoms with Crippen LogP contribution in [0.3, 0.4) is 0 Å². The Morgan fingerprint density at radius 1 is 1.50 bits per heavy atom. The summed E-state index contributed by atoms with van der Waals surface area (Å²) in [5.74, 6) is 0.509. The van der Waals surface area contributed by atoms with Crippen molar-refractivity contribution in [3.63, 3.8) is 0 Å². The Hall–Kier alpha value is -1.58. The van der Waals surface area contributed by atoms with Gasteiger partial charge in [0.15, 0.2) is 11.4 Å². The van der Waals surface area contributed by atoms with Crippen LogP contribution >= 0.6 is 0 Å². The van der Waals surface area contributed by atoms with Gasteiger partial charge in [0.2, 0.25) is 0 Å². The quantitative estimate of drug-likeness (QED) is 0.845. The van der Waals surface area contributed by atoms with Gasteiger partial charge >= 0.3 is 0 Å². The van der Waals surface area contributed by atoms with Gasteiger partial charge in [-0.25, -0.2) is 4.98 Å². The largest absolute Gasteiger partial charge is 0.494 e. The molecule has 1 aliphatic carbocycles. The number of hydrogen-bond acceptors (Lipinski definition) is 3. The monoisotopic (exact) mass is 220 g/mol. The van der Waals surface area contributed by atoms with E-state index in [4.69, 9.17) is 10.5 Å². The molecule has 1 saturated carbocycles. The first-order valence-corrected chi connectivity index (χ1v) is 5.56. The van der Waals surface area contributed by atoms with Crippen molar-refractivity contribution in [3.05, 3.63) is 23.5 Å². The summed E-state index contributed by atoms with van der Waals surface area (Å²) in [6.45, 7) is 0. The molecule has 1 heterocycles. The van der Waals surface area contributed by atoms with Crippen LogP contribution in [0.25, 0.3) is 0 Å². The van der Waals surface area contributed by atoms with Gasteiger partial charge in [0.1, 0.15) is 0 Å². The molecule has 1 fully saturated rings. The minimum atomic E-state index is -0.531. The van der Waals surface area contributed by atoms with Crippen molar-refractivity contribution in [1.82, 2.24) is 4.98 Å². The first-order valence-electron chi connectivity index (χ1n) is 5.56. The molecule has 0 aromatic carbocycles. The van der Waals surface area contributed by atoms with Gasteiger partial charge < -0.3 is 10.5 Å². The Morgan fingerprint density at radius 3 is 2.75 bits per heavy atom. The van der Waals surface area contributed by atoms with Crippen molar-refractivity contribution in [2.24, 2.45) is 5.73 Å². The highest BCUT2D eigenvalue weighted by Gasteiger charge is 2.23. The highest BCUT2D eigenvalue weighted by Crippen LogP contribution is 2.39. The van der Waals surface area contributed by atoms with E-state index in [0.29, 0.717) is 11.7 Å². The molecule has 0 unspecified atom stereocenters. The van der Waals surface area contributed by atoms with Crippen molar-refractivity contribution in [2.45, 2.75) is 31.6 Å². The van der Waals surface area contributed by atoms with Crippen LogP contribution in [-0.2, 0) is 0 Å². The lowest BCUT2D eigenvalue weighted by Crippen LogP contribution is -2.16. The van der Waals surface area contributed by atoms with E-state index in [1.807, 2.05) is 6.07 Å². The molecule has 2 rings (SSSR count). The van der Waals surface area contributed by atoms with Crippen LogP contribution in [0.15, 0.2) is 12.3 Å². The number of nitrogens with two attached hydrogens (primary N) is 1. The molecule has 4 nitrogen and oxygen atoms in total. The lowest BCUT2D eigenvalue weighted by atomic mass is 9.96. The number of primary amides is 1. The molecule has 4 heteroatoms. The van der Waals surface area contributed by atoms with Crippen LogP contribution in [0, 0.1) is 0 Å². The fourth-order valence-electron chi connectivity index (χ4n) is 2.41. The molecule has 0 radical (unpaired) electrons. The van der Waals surface area contributed by atoms with Crippen LogP contribution in [0.5, 0.6) is 5.75 Å². The first-order chi connectivity index (χ1) is 7.74. The average Bonchev–Trinajstić information content (AvgIpc) is 2.81. The number of pyridine rings is 1. The number of carbonyl (C=O) groups excluding carboxylic acids is 1. The Bertz CT molecular complexity index is 398. The zero-order chi connectivity index (χ0) is 11.5. The van der Waals surface area contributed by atoms with E-state index in [1.165, 1.54) is 12.8 Å². The van der Waals surface area contributed by atoms with Crippen LogP contribution in [0.4, 0.5) is 0 Å². The fraction of sp³-hybridized carbons (Fsp3) is 0.500. The molecule has 0 spiro atoms. The molecule has 0 aliphatic heterocycles. The summed E-state index contributed by atoms with van der Waals surface area (Å²) in [6, 6.07) is 1.93. The minimum Gasteiger partial charge on any atom is -0.494 e. The molecule has 1 amide bonds. The normalized spacial score (nSPS) is 16.3. The van der Waals surface area contributed by atoms with E-state index >= 15 is 0 Å². The molecular weight excluding hydrogens is 204 g/mol. The van der Waals surface area contributed by atoms with Gasteiger partial charge in [0, 0.05) is 11.8 Å². The third-order valence-electron chi connectivity index (χ3n) is 3.17. The second-order valence-electron chi connectivity index (χ2n) is 4.13. The Labute approximate surface area is 94.8 Å². The maximum absolute atomic E-state index is 11.2. The summed E-state index contributed by atoms with van der Waals surface area (Å²) in [7, 11) is 1.56. The van der Waals surface area contributed by atoms with Gasteiger partial charge in [-0.3, -0.25) is 4.79 Å². The molecule has 86 valence electrons. The lowest BCUT2D eigenvalue weighted by Gasteiger charge is -2.15. The summed E-state index contributed by atoms with van der Waals surface area (Å²) in [6.07, 6.45) is 6.41. The standard InChI is InChI=1S/C12H16N2O2/c1-16-11-9(8-4-2-3-5-8)6-7-14-10(11)12(13)15/h6-8H,2-5H2,1H3,(H2,13,15). The third kappa shape index (κ3) is 1.87. The lowest BCUT2D eigenvalue weighted by molar-refractivity contribution is 0.0992. The average molecular weight is 220 g/mol. The number of nitrogens with zero attached hydrogens (tertiary/aromatic N) is 1. The van der Waals surface area contributed by atoms with Gasteiger partial charge in [-0.2, -0.15) is 0 Å². The summed E-state index contributed by atoms with van der Waals surface area (Å²) in [5, 5.41) is 0. The molecule has 0 atom stereocenters. The number of aromatic nitrogens is 1. The highest BCUT2D eigenvalue weighted by atomic mass is 16.5. The van der Waals surface area contributed by atoms with Crippen molar-refractivity contribution in [3.8, 4) is 5.75 Å². The zero-order valence-corrected chi connectivity index (χ0v) is 9.40. The first kappa shape index (κ1) is 10.9. The number of rotatable bonds is 3. The molecule has 0 saturated heterocycles. The fourth-order valence-corrected chi connectivity index (χ4v) is 2.41. The summed E-state index contributed by atoms with van der Waals surface area (Å²) in [5.41, 5.74) is 6.59. The predicted octanol–water partition coefficient (Wildman–Crippen LogP) is 1.85. The smallest absolute Gasteiger partial charge is 0.271 e.